The smallest absolute Gasteiger partial charge is 0.330 e. The van der Waals surface area contributed by atoms with E-state index in [-0.39, 0.29) is 29.0 Å². The number of hydrogen-bond donors (Lipinski definition) is 2. The Balaban J connectivity index is 1.84. The summed E-state index contributed by atoms with van der Waals surface area (Å²) >= 11 is 0. The molecule has 3 rings (SSSR count). The molecule has 1 aromatic heterocycles. The molecule has 2 aliphatic rings. The van der Waals surface area contributed by atoms with E-state index in [4.69, 9.17) is 13.9 Å². The third kappa shape index (κ3) is 11.5. The van der Waals surface area contributed by atoms with Crippen LogP contribution in [0.3, 0.4) is 0 Å². The Hall–Kier alpha value is -2.11. The molecule has 53 heavy (non-hydrogen) atoms. The minimum Gasteiger partial charge on any atom is -0.456 e. The fraction of sp³-hybridized carbons (Fsp3) is 0.800. The van der Waals surface area contributed by atoms with Gasteiger partial charge in [-0.25, -0.2) is 4.79 Å². The molecule has 0 saturated carbocycles. The lowest BCUT2D eigenvalue weighted by atomic mass is 10.1. The summed E-state index contributed by atoms with van der Waals surface area (Å²) in [5.41, 5.74) is 0.163. The van der Waals surface area contributed by atoms with Crippen LogP contribution in [0.15, 0.2) is 33.6 Å². The molecule has 0 aromatic carbocycles. The van der Waals surface area contributed by atoms with Crippen LogP contribution in [0.25, 0.3) is 0 Å². The fourth-order valence-corrected chi connectivity index (χ4v) is 19.5. The molecule has 302 valence electrons. The zero-order chi connectivity index (χ0) is 39.3. The summed E-state index contributed by atoms with van der Waals surface area (Å²) in [6.45, 7) is 19.9. The number of nitrogens with one attached hydrogen (secondary N) is 1. The van der Waals surface area contributed by atoms with Crippen molar-refractivity contribution in [1.29, 1.82) is 0 Å². The number of hydrogen-bond acceptors (Lipinski definition) is 8. The first kappa shape index (κ1) is 45.3. The number of aromatic nitrogens is 2. The Morgan fingerprint density at radius 2 is 1.49 bits per heavy atom. The predicted molar refractivity (Wildman–Crippen MR) is 217 cm³/mol. The van der Waals surface area contributed by atoms with Crippen molar-refractivity contribution >= 4 is 27.5 Å². The number of nitrogens with zero attached hydrogens (tertiary/aromatic N) is 2. The molecule has 4 atom stereocenters. The number of amides is 1. The molecule has 13 heteroatoms. The van der Waals surface area contributed by atoms with Crippen LogP contribution in [-0.2, 0) is 23.5 Å². The van der Waals surface area contributed by atoms with Crippen molar-refractivity contribution in [3.05, 3.63) is 44.9 Å². The minimum absolute atomic E-state index is 0.0503. The Bertz CT molecular complexity index is 1420. The highest BCUT2D eigenvalue weighted by Gasteiger charge is 2.55. The molecule has 1 amide bonds. The average Bonchev–Trinajstić information content (AvgIpc) is 3.64. The van der Waals surface area contributed by atoms with Gasteiger partial charge in [0.25, 0.3) is 5.56 Å². The Labute approximate surface area is 320 Å². The van der Waals surface area contributed by atoms with Crippen molar-refractivity contribution in [2.45, 2.75) is 168 Å². The maximum absolute atomic E-state index is 13.7. The summed E-state index contributed by atoms with van der Waals surface area (Å²) in [6.07, 6.45) is 14.0. The molecule has 1 aromatic rings. The molecule has 0 radical (unpaired) electrons. The minimum atomic E-state index is -2.63. The van der Waals surface area contributed by atoms with Crippen LogP contribution in [0.1, 0.15) is 133 Å². The normalized spacial score (nSPS) is 21.9. The summed E-state index contributed by atoms with van der Waals surface area (Å²) in [5.74, 6) is -0.421. The molecule has 0 aliphatic carbocycles. The van der Waals surface area contributed by atoms with Crippen molar-refractivity contribution in [3.8, 4) is 0 Å². The highest BCUT2D eigenvalue weighted by Crippen LogP contribution is 2.61. The van der Waals surface area contributed by atoms with E-state index in [1.807, 2.05) is 11.0 Å². The number of esters is 1. The number of carbonyl (C=O) groups is 2. The molecule has 1 unspecified atom stereocenters. The van der Waals surface area contributed by atoms with Gasteiger partial charge in [0.1, 0.15) is 12.2 Å². The van der Waals surface area contributed by atoms with E-state index >= 15 is 0 Å². The predicted octanol–water partition coefficient (Wildman–Crippen LogP) is 7.60. The van der Waals surface area contributed by atoms with Gasteiger partial charge in [-0.1, -0.05) is 87.7 Å². The summed E-state index contributed by atoms with van der Waals surface area (Å²) < 4.78 is 20.7. The second-order valence-corrected chi connectivity index (χ2v) is 26.1. The number of aliphatic hydroxyl groups is 1. The number of carbonyl (C=O) groups excluding carboxylic acids is 2. The first-order valence-corrected chi connectivity index (χ1v) is 25.2. The van der Waals surface area contributed by atoms with Crippen molar-refractivity contribution in [2.75, 3.05) is 37.8 Å². The Kier molecular flexibility index (Phi) is 18.2. The van der Waals surface area contributed by atoms with Crippen LogP contribution in [0.2, 0.25) is 16.6 Å². The third-order valence-corrected chi connectivity index (χ3v) is 22.8. The van der Waals surface area contributed by atoms with E-state index in [1.54, 1.807) is 0 Å². The van der Waals surface area contributed by atoms with Crippen molar-refractivity contribution in [2.24, 2.45) is 0 Å². The van der Waals surface area contributed by atoms with Gasteiger partial charge in [0.15, 0.2) is 12.3 Å². The lowest BCUT2D eigenvalue weighted by molar-refractivity contribution is -0.155. The van der Waals surface area contributed by atoms with Gasteiger partial charge in [-0.2, -0.15) is 0 Å². The van der Waals surface area contributed by atoms with E-state index in [0.29, 0.717) is 19.4 Å². The number of allylic oxidation sites excluding steroid dienone is 1. The molecular weight excluding hydrogens is 710 g/mol. The molecule has 11 nitrogen and oxygen atoms in total. The van der Waals surface area contributed by atoms with Gasteiger partial charge in [-0.15, -0.1) is 0 Å². The molecule has 2 saturated heterocycles. The van der Waals surface area contributed by atoms with Gasteiger partial charge in [0, 0.05) is 38.2 Å². The zero-order valence-electron chi connectivity index (χ0n) is 34.2. The average molecular weight is 781 g/mol. The number of unbranched alkanes of at least 4 members (excludes halogenated alkanes) is 3. The number of rotatable bonds is 23. The fourth-order valence-electron chi connectivity index (χ4n) is 8.88. The van der Waals surface area contributed by atoms with Gasteiger partial charge in [0.2, 0.25) is 14.2 Å². The number of aromatic amines is 1. The highest BCUT2D eigenvalue weighted by atomic mass is 31.2. The monoisotopic (exact) mass is 780 g/mol. The highest BCUT2D eigenvalue weighted by molar-refractivity contribution is 7.75. The number of likely N-dealkylation sites (tertiary alicyclic amines) is 1. The van der Waals surface area contributed by atoms with Crippen LogP contribution in [0.5, 0.6) is 0 Å². The topological polar surface area (TPSA) is 140 Å². The van der Waals surface area contributed by atoms with Gasteiger partial charge < -0.3 is 23.9 Å². The summed E-state index contributed by atoms with van der Waals surface area (Å²) in [7, 11) is -3.72. The van der Waals surface area contributed by atoms with Crippen LogP contribution in [0.4, 0.5) is 0 Å². The van der Waals surface area contributed by atoms with Gasteiger partial charge >= 0.3 is 11.7 Å². The molecule has 2 fully saturated rings. The lowest BCUT2D eigenvalue weighted by Gasteiger charge is -2.45. The second kappa shape index (κ2) is 21.3. The third-order valence-electron chi connectivity index (χ3n) is 11.6. The molecule has 0 bridgehead atoms. The first-order valence-electron chi connectivity index (χ1n) is 20.5. The van der Waals surface area contributed by atoms with E-state index in [2.05, 4.69) is 67.3 Å². The van der Waals surface area contributed by atoms with Crippen LogP contribution in [-0.4, -0.2) is 95.9 Å². The standard InChI is InChI=1S/C40H70N3O8PSi/c1-10-13-24-52(25-14-11-2,26-15-12-3)27-16-22-42-32(17-19-35(42)46)18-20-36(47)50-37-33(28-44)49-39(43-23-21-34(45)41-40(43)48)38(37)51-53(29(4)5,30(6)7)31(8)9/h18,21,23,29-31,33,37-39,44H,10-17,19-20,22,24-28H2,1-9H3/p+1/t33-,37?,38+,39-/m1/s1. The SMILES string of the molecule is CCCC[P+](CCCC)(CCCC)CCCN1C(=O)CCC1=CCC(=O)OC1[C@@H](CO)O[C@@H](n2ccc(=O)[nH]c2=O)[C@H]1O[Si](C(C)C)(C(C)C)C(C)C. The number of ether oxygens (including phenoxy) is 2. The van der Waals surface area contributed by atoms with E-state index in [1.165, 1.54) is 80.0 Å². The van der Waals surface area contributed by atoms with Gasteiger partial charge in [0.05, 0.1) is 37.7 Å². The Morgan fingerprint density at radius 3 is 2.00 bits per heavy atom. The van der Waals surface area contributed by atoms with Gasteiger partial charge in [-0.3, -0.25) is 23.9 Å². The molecule has 2 aliphatic heterocycles. The molecule has 3 heterocycles. The lowest BCUT2D eigenvalue weighted by Crippen LogP contribution is -2.54. The van der Waals surface area contributed by atoms with Crippen molar-refractivity contribution in [3.63, 3.8) is 0 Å². The van der Waals surface area contributed by atoms with Crippen molar-refractivity contribution < 1.29 is 28.6 Å². The maximum atomic E-state index is 13.7. The zero-order valence-corrected chi connectivity index (χ0v) is 36.1. The number of H-pyrrole nitrogens is 1. The Morgan fingerprint density at radius 1 is 0.925 bits per heavy atom. The maximum Gasteiger partial charge on any atom is 0.330 e. The number of aliphatic hydroxyl groups excluding tert-OH is 1. The summed E-state index contributed by atoms with van der Waals surface area (Å²) in [4.78, 5) is 55.9. The molecule has 0 spiro atoms. The summed E-state index contributed by atoms with van der Waals surface area (Å²) in [5, 5.41) is 10.5. The van der Waals surface area contributed by atoms with Crippen LogP contribution >= 0.6 is 7.26 Å². The summed E-state index contributed by atoms with van der Waals surface area (Å²) in [6, 6.07) is 1.23. The van der Waals surface area contributed by atoms with E-state index in [9.17, 15) is 24.3 Å². The molecule has 2 N–H and O–H groups in total. The van der Waals surface area contributed by atoms with Crippen LogP contribution < -0.4 is 11.2 Å². The van der Waals surface area contributed by atoms with Gasteiger partial charge in [-0.05, 0) is 48.7 Å². The van der Waals surface area contributed by atoms with E-state index in [0.717, 1.165) is 12.1 Å². The van der Waals surface area contributed by atoms with Crippen LogP contribution in [0, 0.1) is 0 Å². The molecular formula is C40H71N3O8PSi+. The quantitative estimate of drug-likeness (QED) is 0.0658. The first-order chi connectivity index (χ1) is 25.2. The van der Waals surface area contributed by atoms with Crippen molar-refractivity contribution in [1.82, 2.24) is 14.5 Å². The van der Waals surface area contributed by atoms with E-state index < -0.39 is 63.9 Å². The largest absolute Gasteiger partial charge is 0.456 e. The second-order valence-electron chi connectivity index (χ2n) is 16.2.